The molecule has 8 nitrogen and oxygen atoms in total. The van der Waals surface area contributed by atoms with E-state index in [9.17, 15) is 18.0 Å². The Kier molecular flexibility index (Phi) is 3.55. The van der Waals surface area contributed by atoms with Gasteiger partial charge in [0.05, 0.1) is 7.11 Å². The first-order valence-corrected chi connectivity index (χ1v) is 5.97. The van der Waals surface area contributed by atoms with Gasteiger partial charge in [0.15, 0.2) is 4.90 Å². The fraction of sp³-hybridized carbons (Fsp3) is 0.500. The van der Waals surface area contributed by atoms with Crippen molar-refractivity contribution in [3.05, 3.63) is 27.0 Å². The molecule has 1 aromatic heterocycles. The van der Waals surface area contributed by atoms with E-state index >= 15 is 0 Å². The zero-order valence-corrected chi connectivity index (χ0v) is 10.7. The van der Waals surface area contributed by atoms with E-state index in [1.165, 1.54) is 14.1 Å². The summed E-state index contributed by atoms with van der Waals surface area (Å²) in [5.74, 6) is 0. The molecule has 0 N–H and O–H groups in total. The van der Waals surface area contributed by atoms with Gasteiger partial charge in [0.25, 0.3) is 15.6 Å². The molecule has 0 saturated carbocycles. The van der Waals surface area contributed by atoms with Crippen molar-refractivity contribution >= 4 is 10.0 Å². The molecule has 0 saturated heterocycles. The van der Waals surface area contributed by atoms with Crippen LogP contribution in [0.5, 0.6) is 0 Å². The van der Waals surface area contributed by atoms with Crippen LogP contribution in [0.15, 0.2) is 20.7 Å². The molecule has 0 spiro atoms. The molecule has 0 radical (unpaired) electrons. The highest BCUT2D eigenvalue weighted by Crippen LogP contribution is 2.07. The lowest BCUT2D eigenvalue weighted by atomic mass is 10.6. The van der Waals surface area contributed by atoms with Crippen LogP contribution in [-0.2, 0) is 29.0 Å². The Morgan fingerprint density at radius 1 is 1.29 bits per heavy atom. The zero-order valence-electron chi connectivity index (χ0n) is 9.87. The molecule has 0 aliphatic rings. The van der Waals surface area contributed by atoms with E-state index in [2.05, 4.69) is 4.84 Å². The Morgan fingerprint density at radius 2 is 1.82 bits per heavy atom. The highest BCUT2D eigenvalue weighted by molar-refractivity contribution is 7.89. The maximum Gasteiger partial charge on any atom is 0.330 e. The van der Waals surface area contributed by atoms with E-state index in [4.69, 9.17) is 0 Å². The van der Waals surface area contributed by atoms with Gasteiger partial charge in [-0.25, -0.2) is 13.2 Å². The largest absolute Gasteiger partial charge is 0.330 e. The highest BCUT2D eigenvalue weighted by atomic mass is 32.2. The molecule has 0 unspecified atom stereocenters. The Balaban J connectivity index is 3.67. The summed E-state index contributed by atoms with van der Waals surface area (Å²) in [5, 5.41) is 0. The Hall–Kier alpha value is -1.45. The van der Waals surface area contributed by atoms with Crippen LogP contribution >= 0.6 is 0 Å². The van der Waals surface area contributed by atoms with Crippen LogP contribution in [0.25, 0.3) is 0 Å². The molecule has 0 atom stereocenters. The molecule has 1 heterocycles. The quantitative estimate of drug-likeness (QED) is 0.604. The third-order valence-electron chi connectivity index (χ3n) is 2.29. The molecule has 1 rings (SSSR count). The number of sulfonamides is 1. The van der Waals surface area contributed by atoms with Gasteiger partial charge in [-0.1, -0.05) is 4.47 Å². The van der Waals surface area contributed by atoms with Gasteiger partial charge >= 0.3 is 5.69 Å². The van der Waals surface area contributed by atoms with Crippen molar-refractivity contribution in [3.8, 4) is 0 Å². The number of aromatic nitrogens is 2. The molecule has 0 aliphatic carbocycles. The topological polar surface area (TPSA) is 90.6 Å². The first-order chi connectivity index (χ1) is 7.73. The predicted molar refractivity (Wildman–Crippen MR) is 58.9 cm³/mol. The minimum Gasteiger partial charge on any atom is -0.302 e. The zero-order chi connectivity index (χ0) is 13.4. The van der Waals surface area contributed by atoms with Gasteiger partial charge in [0.2, 0.25) is 0 Å². The van der Waals surface area contributed by atoms with Crippen LogP contribution < -0.4 is 11.2 Å². The normalized spacial score (nSPS) is 12.1. The maximum atomic E-state index is 11.9. The fourth-order valence-electron chi connectivity index (χ4n) is 1.19. The standard InChI is InChI=1S/C8H13N3O5S/c1-9-5-6(7(12)10(2)8(9)13)17(14,15)11(3)16-4/h5H,1-4H3. The molecule has 96 valence electrons. The van der Waals surface area contributed by atoms with Gasteiger partial charge in [-0.2, -0.15) is 0 Å². The number of hydrogen-bond donors (Lipinski definition) is 0. The van der Waals surface area contributed by atoms with Crippen LogP contribution in [0, 0.1) is 0 Å². The van der Waals surface area contributed by atoms with Crippen molar-refractivity contribution in [2.45, 2.75) is 4.90 Å². The molecule has 1 aromatic rings. The number of nitrogens with zero attached hydrogens (tertiary/aromatic N) is 3. The minimum absolute atomic E-state index is 0.522. The van der Waals surface area contributed by atoms with Crippen LogP contribution in [-0.4, -0.2) is 36.2 Å². The number of aryl methyl sites for hydroxylation is 1. The van der Waals surface area contributed by atoms with Gasteiger partial charge in [-0.3, -0.25) is 14.2 Å². The summed E-state index contributed by atoms with van der Waals surface area (Å²) >= 11 is 0. The molecule has 9 heteroatoms. The summed E-state index contributed by atoms with van der Waals surface area (Å²) in [5.41, 5.74) is -1.49. The lowest BCUT2D eigenvalue weighted by Gasteiger charge is -2.14. The molecular formula is C8H13N3O5S. The van der Waals surface area contributed by atoms with Crippen LogP contribution in [0.3, 0.4) is 0 Å². The average Bonchev–Trinajstić information content (AvgIpc) is 2.29. The molecule has 17 heavy (non-hydrogen) atoms. The second-order valence-electron chi connectivity index (χ2n) is 3.35. The van der Waals surface area contributed by atoms with Crippen molar-refractivity contribution in [2.75, 3.05) is 14.2 Å². The predicted octanol–water partition coefficient (Wildman–Crippen LogP) is -1.73. The lowest BCUT2D eigenvalue weighted by Crippen LogP contribution is -2.41. The summed E-state index contributed by atoms with van der Waals surface area (Å²) in [7, 11) is 0.806. The van der Waals surface area contributed by atoms with Crippen LogP contribution in [0.2, 0.25) is 0 Å². The summed E-state index contributed by atoms with van der Waals surface area (Å²) in [6, 6.07) is 0. The minimum atomic E-state index is -4.06. The van der Waals surface area contributed by atoms with Crippen LogP contribution in [0.1, 0.15) is 0 Å². The van der Waals surface area contributed by atoms with Crippen molar-refractivity contribution in [1.29, 1.82) is 0 Å². The molecule has 0 aliphatic heterocycles. The second kappa shape index (κ2) is 4.43. The number of rotatable bonds is 3. The number of hydroxylamine groups is 1. The van der Waals surface area contributed by atoms with Crippen molar-refractivity contribution in [1.82, 2.24) is 13.6 Å². The van der Waals surface area contributed by atoms with Crippen molar-refractivity contribution in [2.24, 2.45) is 14.1 Å². The van der Waals surface area contributed by atoms with E-state index in [0.29, 0.717) is 4.47 Å². The smallest absolute Gasteiger partial charge is 0.302 e. The number of hydrogen-bond acceptors (Lipinski definition) is 5. The van der Waals surface area contributed by atoms with E-state index in [1.807, 2.05) is 0 Å². The first-order valence-electron chi connectivity index (χ1n) is 4.53. The third kappa shape index (κ3) is 2.16. The average molecular weight is 263 g/mol. The fourth-order valence-corrected chi connectivity index (χ4v) is 2.31. The van der Waals surface area contributed by atoms with E-state index in [-0.39, 0.29) is 0 Å². The summed E-state index contributed by atoms with van der Waals surface area (Å²) in [6.45, 7) is 0. The van der Waals surface area contributed by atoms with E-state index in [0.717, 1.165) is 29.5 Å². The Labute approximate surface area is 97.7 Å². The van der Waals surface area contributed by atoms with Gasteiger partial charge in [0, 0.05) is 27.3 Å². The van der Waals surface area contributed by atoms with Gasteiger partial charge in [-0.15, -0.1) is 0 Å². The lowest BCUT2D eigenvalue weighted by molar-refractivity contribution is -0.0260. The maximum absolute atomic E-state index is 11.9. The summed E-state index contributed by atoms with van der Waals surface area (Å²) in [6.07, 6.45) is 0.968. The first kappa shape index (κ1) is 13.6. The molecule has 0 fully saturated rings. The highest BCUT2D eigenvalue weighted by Gasteiger charge is 2.26. The van der Waals surface area contributed by atoms with E-state index < -0.39 is 26.2 Å². The Morgan fingerprint density at radius 3 is 2.29 bits per heavy atom. The Bertz CT molecular complexity index is 642. The van der Waals surface area contributed by atoms with Gasteiger partial charge in [0.1, 0.15) is 0 Å². The SMILES string of the molecule is CON(C)S(=O)(=O)c1cn(C)c(=O)n(C)c1=O. The van der Waals surface area contributed by atoms with Crippen molar-refractivity contribution < 1.29 is 13.3 Å². The van der Waals surface area contributed by atoms with Gasteiger partial charge < -0.3 is 4.57 Å². The molecule has 0 amide bonds. The second-order valence-corrected chi connectivity index (χ2v) is 5.25. The monoisotopic (exact) mass is 263 g/mol. The van der Waals surface area contributed by atoms with Crippen molar-refractivity contribution in [3.63, 3.8) is 0 Å². The molecule has 0 aromatic carbocycles. The summed E-state index contributed by atoms with van der Waals surface area (Å²) in [4.78, 5) is 27.1. The van der Waals surface area contributed by atoms with E-state index in [1.54, 1.807) is 0 Å². The molecule has 0 bridgehead atoms. The molecular weight excluding hydrogens is 250 g/mol. The van der Waals surface area contributed by atoms with Crippen LogP contribution in [0.4, 0.5) is 0 Å². The summed E-state index contributed by atoms with van der Waals surface area (Å²) < 4.78 is 26.0. The van der Waals surface area contributed by atoms with Gasteiger partial charge in [-0.05, 0) is 0 Å². The third-order valence-corrected chi connectivity index (χ3v) is 3.95.